The van der Waals surface area contributed by atoms with Crippen LogP contribution in [0.15, 0.2) is 176 Å². The van der Waals surface area contributed by atoms with Crippen molar-refractivity contribution in [1.29, 1.82) is 0 Å². The fraction of sp³-hybridized carbons (Fsp3) is 0.0370. The lowest BCUT2D eigenvalue weighted by atomic mass is 9.87. The number of hydrogen-bond acceptors (Lipinski definition) is 4. The molecular formula is C54H34N2S2. The molecule has 0 amide bonds. The summed E-state index contributed by atoms with van der Waals surface area (Å²) >= 11 is 3.72. The Labute approximate surface area is 344 Å². The van der Waals surface area contributed by atoms with Crippen molar-refractivity contribution in [3.63, 3.8) is 0 Å². The van der Waals surface area contributed by atoms with Gasteiger partial charge in [-0.2, -0.15) is 0 Å². The highest BCUT2D eigenvalue weighted by atomic mass is 32.1. The van der Waals surface area contributed by atoms with Crippen LogP contribution >= 0.6 is 22.7 Å². The van der Waals surface area contributed by atoms with Gasteiger partial charge in [-0.15, -0.1) is 22.7 Å². The van der Waals surface area contributed by atoms with Crippen molar-refractivity contribution in [2.75, 3.05) is 9.80 Å². The molecule has 11 aromatic rings. The minimum Gasteiger partial charge on any atom is -0.310 e. The number of benzene rings is 8. The lowest BCUT2D eigenvalue weighted by Gasteiger charge is -2.31. The molecule has 9 aromatic carbocycles. The van der Waals surface area contributed by atoms with Crippen LogP contribution in [0, 0.1) is 12.1 Å². The Kier molecular flexibility index (Phi) is 7.66. The highest BCUT2D eigenvalue weighted by molar-refractivity contribution is 7.26. The molecule has 2 aromatic heterocycles. The number of para-hydroxylation sites is 1. The van der Waals surface area contributed by atoms with Crippen LogP contribution in [0.5, 0.6) is 0 Å². The van der Waals surface area contributed by atoms with Gasteiger partial charge >= 0.3 is 0 Å². The highest BCUT2D eigenvalue weighted by Crippen LogP contribution is 2.49. The van der Waals surface area contributed by atoms with E-state index in [0.29, 0.717) is 0 Å². The molecule has 0 atom stereocenters. The summed E-state index contributed by atoms with van der Waals surface area (Å²) in [7, 11) is 0. The first-order valence-electron chi connectivity index (χ1n) is 19.8. The van der Waals surface area contributed by atoms with Gasteiger partial charge in [0.25, 0.3) is 0 Å². The van der Waals surface area contributed by atoms with Crippen molar-refractivity contribution in [2.45, 2.75) is 12.8 Å². The molecule has 1 aliphatic carbocycles. The lowest BCUT2D eigenvalue weighted by Crippen LogP contribution is -2.14. The third kappa shape index (κ3) is 5.25. The Bertz CT molecular complexity index is 3410. The van der Waals surface area contributed by atoms with Gasteiger partial charge in [-0.3, -0.25) is 0 Å². The third-order valence-corrected chi connectivity index (χ3v) is 14.0. The summed E-state index contributed by atoms with van der Waals surface area (Å²) < 4.78 is 5.22. The van der Waals surface area contributed by atoms with E-state index in [1.54, 1.807) is 0 Å². The Morgan fingerprint density at radius 1 is 0.431 bits per heavy atom. The zero-order valence-electron chi connectivity index (χ0n) is 31.4. The first-order chi connectivity index (χ1) is 28.8. The number of thiophene rings is 2. The molecule has 12 rings (SSSR count). The molecule has 0 fully saturated rings. The van der Waals surface area contributed by atoms with Crippen LogP contribution < -0.4 is 9.80 Å². The molecule has 1 aliphatic rings. The summed E-state index contributed by atoms with van der Waals surface area (Å²) in [6.07, 6.45) is 6.68. The molecule has 0 N–H and O–H groups in total. The van der Waals surface area contributed by atoms with Gasteiger partial charge in [-0.1, -0.05) is 103 Å². The summed E-state index contributed by atoms with van der Waals surface area (Å²) in [5, 5.41) is 10.1. The molecule has 0 saturated heterocycles. The Hall–Kier alpha value is -6.90. The Morgan fingerprint density at radius 3 is 1.72 bits per heavy atom. The van der Waals surface area contributed by atoms with Gasteiger partial charge in [0.1, 0.15) is 0 Å². The van der Waals surface area contributed by atoms with Gasteiger partial charge in [0.15, 0.2) is 0 Å². The summed E-state index contributed by atoms with van der Waals surface area (Å²) in [5.74, 6) is 0. The number of hydrogen-bond donors (Lipinski definition) is 0. The van der Waals surface area contributed by atoms with E-state index in [0.717, 1.165) is 41.3 Å². The van der Waals surface area contributed by atoms with Gasteiger partial charge in [0.2, 0.25) is 0 Å². The maximum absolute atomic E-state index is 3.49. The van der Waals surface area contributed by atoms with Crippen LogP contribution in [-0.4, -0.2) is 0 Å². The molecule has 0 saturated carbocycles. The first-order valence-corrected chi connectivity index (χ1v) is 21.4. The molecule has 4 heteroatoms. The maximum Gasteiger partial charge on any atom is 0.0973 e. The van der Waals surface area contributed by atoms with Crippen molar-refractivity contribution in [3.05, 3.63) is 199 Å². The van der Waals surface area contributed by atoms with Crippen molar-refractivity contribution in [2.24, 2.45) is 0 Å². The SMILES string of the molecule is c1cccc(N(c2ccc3sc4ccccc4c3c2)c2cc3c4c(c(N(c5ccccc5)c5ccc6sc7ccccc7c6c5)cc3c3ccccc23)CCC=C4)c#1. The van der Waals surface area contributed by atoms with E-state index in [9.17, 15) is 0 Å². The van der Waals surface area contributed by atoms with Gasteiger partial charge in [0, 0.05) is 62.8 Å². The van der Waals surface area contributed by atoms with E-state index in [2.05, 4.69) is 198 Å². The van der Waals surface area contributed by atoms with Crippen molar-refractivity contribution < 1.29 is 0 Å². The van der Waals surface area contributed by atoms with Crippen LogP contribution in [0.25, 0.3) is 68.0 Å². The van der Waals surface area contributed by atoms with Crippen LogP contribution in [0.4, 0.5) is 34.1 Å². The van der Waals surface area contributed by atoms with E-state index in [4.69, 9.17) is 0 Å². The van der Waals surface area contributed by atoms with Crippen LogP contribution in [0.2, 0.25) is 0 Å². The second-order valence-corrected chi connectivity index (χ2v) is 17.2. The molecule has 0 spiro atoms. The van der Waals surface area contributed by atoms with Gasteiger partial charge in [0.05, 0.1) is 17.1 Å². The molecular weight excluding hydrogens is 741 g/mol. The summed E-state index contributed by atoms with van der Waals surface area (Å²) in [6, 6.07) is 69.1. The zero-order valence-corrected chi connectivity index (χ0v) is 33.1. The molecule has 58 heavy (non-hydrogen) atoms. The molecule has 2 heterocycles. The number of anilines is 6. The molecule has 0 radical (unpaired) electrons. The minimum absolute atomic E-state index is 0.957. The van der Waals surface area contributed by atoms with Crippen LogP contribution in [-0.2, 0) is 6.42 Å². The average Bonchev–Trinajstić information content (AvgIpc) is 3.85. The second kappa shape index (κ2) is 13.4. The maximum atomic E-state index is 3.49. The Balaban J connectivity index is 1.13. The second-order valence-electron chi connectivity index (χ2n) is 15.0. The van der Waals surface area contributed by atoms with Gasteiger partial charge < -0.3 is 9.80 Å². The van der Waals surface area contributed by atoms with E-state index in [-0.39, 0.29) is 0 Å². The third-order valence-electron chi connectivity index (χ3n) is 11.7. The van der Waals surface area contributed by atoms with E-state index < -0.39 is 0 Å². The molecule has 272 valence electrons. The number of nitrogens with zero attached hydrogens (tertiary/aromatic N) is 2. The molecule has 2 nitrogen and oxygen atoms in total. The van der Waals surface area contributed by atoms with Gasteiger partial charge in [-0.25, -0.2) is 0 Å². The van der Waals surface area contributed by atoms with Crippen LogP contribution in [0.1, 0.15) is 17.5 Å². The quantitative estimate of drug-likeness (QED) is 0.155. The largest absolute Gasteiger partial charge is 0.310 e. The smallest absolute Gasteiger partial charge is 0.0973 e. The fourth-order valence-electron chi connectivity index (χ4n) is 9.14. The number of rotatable bonds is 6. The normalized spacial score (nSPS) is 12.5. The first kappa shape index (κ1) is 33.3. The topological polar surface area (TPSA) is 6.48 Å². The van der Waals surface area contributed by atoms with Crippen molar-refractivity contribution in [1.82, 2.24) is 0 Å². The summed E-state index contributed by atoms with van der Waals surface area (Å²) in [4.78, 5) is 4.88. The minimum atomic E-state index is 0.957. The standard InChI is InChI=1S/C54H34N2S2/c1-3-15-35(16-4-1)55(37-27-29-53-47(31-37)43-23-11-13-25-51(43)57-53)49-33-45-40-20-8-10-22-42(40)50(34-46(45)39-19-7-9-21-41(39)49)56(36-17-5-2-6-18-36)38-28-30-54-48(32-38)44-24-12-14-26-52(44)58-54/h1-5,7-8,10-17,19-20,22-34H,9,21H2. The number of allylic oxidation sites excluding steroid dienone is 1. The lowest BCUT2D eigenvalue weighted by molar-refractivity contribution is 0.983. The summed E-state index contributed by atoms with van der Waals surface area (Å²) in [6.45, 7) is 0. The molecule has 0 aliphatic heterocycles. The highest BCUT2D eigenvalue weighted by Gasteiger charge is 2.25. The zero-order chi connectivity index (χ0) is 38.2. The average molecular weight is 775 g/mol. The predicted octanol–water partition coefficient (Wildman–Crippen LogP) is 16.2. The van der Waals surface area contributed by atoms with Crippen LogP contribution in [0.3, 0.4) is 0 Å². The van der Waals surface area contributed by atoms with E-state index >= 15 is 0 Å². The molecule has 0 bridgehead atoms. The van der Waals surface area contributed by atoms with E-state index in [1.807, 2.05) is 28.7 Å². The van der Waals surface area contributed by atoms with Gasteiger partial charge in [-0.05, 0) is 131 Å². The summed E-state index contributed by atoms with van der Waals surface area (Å²) in [5.41, 5.74) is 9.38. The number of fused-ring (bicyclic) bond motifs is 11. The fourth-order valence-corrected chi connectivity index (χ4v) is 11.3. The molecule has 0 unspecified atom stereocenters. The van der Waals surface area contributed by atoms with E-state index in [1.165, 1.54) is 78.7 Å². The predicted molar refractivity (Wildman–Crippen MR) is 252 cm³/mol. The monoisotopic (exact) mass is 774 g/mol. The van der Waals surface area contributed by atoms with Crippen molar-refractivity contribution >= 4 is 125 Å². The Morgan fingerprint density at radius 2 is 1.03 bits per heavy atom. The van der Waals surface area contributed by atoms with Crippen molar-refractivity contribution in [3.8, 4) is 0 Å².